The van der Waals surface area contributed by atoms with Gasteiger partial charge < -0.3 is 5.11 Å². The highest BCUT2D eigenvalue weighted by atomic mass is 79.9. The maximum atomic E-state index is 12.9. The molecule has 26 heavy (non-hydrogen) atoms. The van der Waals surface area contributed by atoms with Gasteiger partial charge in [-0.25, -0.2) is 0 Å². The van der Waals surface area contributed by atoms with Gasteiger partial charge in [0.05, 0.1) is 14.6 Å². The van der Waals surface area contributed by atoms with Crippen LogP contribution in [0.15, 0.2) is 50.9 Å². The Morgan fingerprint density at radius 3 is 2.42 bits per heavy atom. The van der Waals surface area contributed by atoms with Gasteiger partial charge in [-0.3, -0.25) is 19.8 Å². The lowest BCUT2D eigenvalue weighted by molar-refractivity contribution is -0.122. The first-order valence-electron chi connectivity index (χ1n) is 7.13. The van der Waals surface area contributed by atoms with Crippen LogP contribution < -0.4 is 10.2 Å². The average Bonchev–Trinajstić information content (AvgIpc) is 2.56. The molecule has 0 radical (unpaired) electrons. The van der Waals surface area contributed by atoms with E-state index in [2.05, 4.69) is 37.2 Å². The number of hydrogen-bond acceptors (Lipinski definition) is 4. The molecule has 1 fully saturated rings. The summed E-state index contributed by atoms with van der Waals surface area (Å²) in [6.45, 7) is 0. The van der Waals surface area contributed by atoms with E-state index in [0.29, 0.717) is 25.2 Å². The van der Waals surface area contributed by atoms with E-state index in [4.69, 9.17) is 23.8 Å². The van der Waals surface area contributed by atoms with Crippen molar-refractivity contribution in [3.63, 3.8) is 0 Å². The van der Waals surface area contributed by atoms with Gasteiger partial charge in [0.25, 0.3) is 11.8 Å². The Hall–Kier alpha value is -1.74. The maximum absolute atomic E-state index is 12.9. The van der Waals surface area contributed by atoms with Gasteiger partial charge in [-0.15, -0.1) is 0 Å². The van der Waals surface area contributed by atoms with Crippen LogP contribution in [0.3, 0.4) is 0 Å². The second-order valence-electron chi connectivity index (χ2n) is 5.27. The molecule has 3 rings (SSSR count). The summed E-state index contributed by atoms with van der Waals surface area (Å²) in [5, 5.41) is 12.7. The van der Waals surface area contributed by atoms with E-state index in [9.17, 15) is 14.7 Å². The van der Waals surface area contributed by atoms with Crippen LogP contribution in [0.1, 0.15) is 5.56 Å². The van der Waals surface area contributed by atoms with Crippen LogP contribution in [0.2, 0.25) is 5.02 Å². The van der Waals surface area contributed by atoms with Gasteiger partial charge in [-0.05, 0) is 86.0 Å². The topological polar surface area (TPSA) is 69.6 Å². The summed E-state index contributed by atoms with van der Waals surface area (Å²) in [6.07, 6.45) is 1.42. The number of aromatic hydroxyl groups is 1. The van der Waals surface area contributed by atoms with Crippen LogP contribution in [0, 0.1) is 0 Å². The van der Waals surface area contributed by atoms with Gasteiger partial charge in [-0.2, -0.15) is 0 Å². The number of thiocarbonyl (C=S) groups is 1. The minimum Gasteiger partial charge on any atom is -0.506 e. The molecule has 0 atom stereocenters. The fourth-order valence-corrected chi connectivity index (χ4v) is 4.03. The lowest BCUT2D eigenvalue weighted by Gasteiger charge is -2.29. The van der Waals surface area contributed by atoms with Gasteiger partial charge in [0.15, 0.2) is 5.11 Å². The number of halogens is 3. The van der Waals surface area contributed by atoms with Crippen molar-refractivity contribution < 1.29 is 14.7 Å². The number of anilines is 1. The standard InChI is InChI=1S/C17H9Br2ClN2O3S/c18-12-5-8(6-13(19)14(12)23)4-11-15(24)21-17(26)22(16(11)25)10-3-1-2-9(20)7-10/h1-7,23H,(H,21,24,26)/b11-4+. The third-order valence-electron chi connectivity index (χ3n) is 3.52. The van der Waals surface area contributed by atoms with Crippen molar-refractivity contribution in [3.8, 4) is 5.75 Å². The first-order valence-corrected chi connectivity index (χ1v) is 9.50. The summed E-state index contributed by atoms with van der Waals surface area (Å²) in [7, 11) is 0. The predicted octanol–water partition coefficient (Wildman–Crippen LogP) is 4.40. The monoisotopic (exact) mass is 514 g/mol. The van der Waals surface area contributed by atoms with E-state index in [1.54, 1.807) is 36.4 Å². The molecule has 0 aromatic heterocycles. The van der Waals surface area contributed by atoms with Crippen LogP contribution in [-0.4, -0.2) is 22.0 Å². The molecule has 2 N–H and O–H groups in total. The zero-order valence-corrected chi connectivity index (χ0v) is 17.5. The van der Waals surface area contributed by atoms with Gasteiger partial charge in [0.1, 0.15) is 11.3 Å². The SMILES string of the molecule is O=C1NC(=S)N(c2cccc(Cl)c2)C(=O)/C1=C/c1cc(Br)c(O)c(Br)c1. The van der Waals surface area contributed by atoms with Crippen molar-refractivity contribution in [2.75, 3.05) is 4.90 Å². The molecule has 1 aliphatic heterocycles. The second kappa shape index (κ2) is 7.48. The molecule has 0 aliphatic carbocycles. The molecule has 0 saturated carbocycles. The number of carbonyl (C=O) groups is 2. The second-order valence-corrected chi connectivity index (χ2v) is 7.80. The highest BCUT2D eigenvalue weighted by molar-refractivity contribution is 9.11. The van der Waals surface area contributed by atoms with Crippen molar-refractivity contribution in [1.29, 1.82) is 0 Å². The number of rotatable bonds is 2. The summed E-state index contributed by atoms with van der Waals surface area (Å²) in [5.41, 5.74) is 0.897. The number of benzene rings is 2. The molecule has 1 aliphatic rings. The molecule has 2 aromatic rings. The third-order valence-corrected chi connectivity index (χ3v) is 5.25. The van der Waals surface area contributed by atoms with Crippen molar-refractivity contribution >= 4 is 84.4 Å². The van der Waals surface area contributed by atoms with Gasteiger partial charge in [-0.1, -0.05) is 17.7 Å². The van der Waals surface area contributed by atoms with Gasteiger partial charge in [0.2, 0.25) is 0 Å². The summed E-state index contributed by atoms with van der Waals surface area (Å²) in [4.78, 5) is 26.4. The number of carbonyl (C=O) groups excluding carboxylic acids is 2. The Balaban J connectivity index is 2.06. The van der Waals surface area contributed by atoms with Crippen LogP contribution in [0.25, 0.3) is 6.08 Å². The molecular weight excluding hydrogens is 508 g/mol. The Bertz CT molecular complexity index is 971. The summed E-state index contributed by atoms with van der Waals surface area (Å²) < 4.78 is 0.842. The van der Waals surface area contributed by atoms with E-state index >= 15 is 0 Å². The number of phenols is 1. The fraction of sp³-hybridized carbons (Fsp3) is 0. The Labute approximate surface area is 175 Å². The van der Waals surface area contributed by atoms with E-state index in [1.165, 1.54) is 11.0 Å². The third kappa shape index (κ3) is 3.68. The highest BCUT2D eigenvalue weighted by Gasteiger charge is 2.34. The molecule has 5 nitrogen and oxygen atoms in total. The number of nitrogens with one attached hydrogen (secondary N) is 1. The van der Waals surface area contributed by atoms with E-state index in [-0.39, 0.29) is 16.4 Å². The summed E-state index contributed by atoms with van der Waals surface area (Å²) in [5.74, 6) is -1.15. The molecule has 2 amide bonds. The van der Waals surface area contributed by atoms with Crippen molar-refractivity contribution in [1.82, 2.24) is 5.32 Å². The Morgan fingerprint density at radius 1 is 1.15 bits per heavy atom. The van der Waals surface area contributed by atoms with Crippen LogP contribution in [0.4, 0.5) is 5.69 Å². The van der Waals surface area contributed by atoms with Crippen LogP contribution in [0.5, 0.6) is 5.75 Å². The highest BCUT2D eigenvalue weighted by Crippen LogP contribution is 2.34. The number of phenolic OH excluding ortho intramolecular Hbond substituents is 1. The largest absolute Gasteiger partial charge is 0.506 e. The lowest BCUT2D eigenvalue weighted by atomic mass is 10.1. The zero-order valence-electron chi connectivity index (χ0n) is 12.8. The predicted molar refractivity (Wildman–Crippen MR) is 111 cm³/mol. The van der Waals surface area contributed by atoms with E-state index in [0.717, 1.165) is 0 Å². The number of hydrogen-bond donors (Lipinski definition) is 2. The van der Waals surface area contributed by atoms with Gasteiger partial charge in [0, 0.05) is 5.02 Å². The molecule has 9 heteroatoms. The summed E-state index contributed by atoms with van der Waals surface area (Å²) in [6, 6.07) is 9.77. The lowest BCUT2D eigenvalue weighted by Crippen LogP contribution is -2.54. The summed E-state index contributed by atoms with van der Waals surface area (Å²) >= 11 is 17.6. The fourth-order valence-electron chi connectivity index (χ4n) is 2.34. The average molecular weight is 517 g/mol. The first kappa shape index (κ1) is 19.0. The number of nitrogens with zero attached hydrogens (tertiary/aromatic N) is 1. The van der Waals surface area contributed by atoms with Crippen LogP contribution in [-0.2, 0) is 9.59 Å². The maximum Gasteiger partial charge on any atom is 0.270 e. The quantitative estimate of drug-likeness (QED) is 0.353. The molecule has 1 heterocycles. The normalized spacial score (nSPS) is 16.2. The van der Waals surface area contributed by atoms with Crippen molar-refractivity contribution in [2.24, 2.45) is 0 Å². The molecule has 1 saturated heterocycles. The van der Waals surface area contributed by atoms with E-state index < -0.39 is 11.8 Å². The number of amides is 2. The Kier molecular flexibility index (Phi) is 5.47. The van der Waals surface area contributed by atoms with Crippen LogP contribution >= 0.6 is 55.7 Å². The molecule has 0 bridgehead atoms. The smallest absolute Gasteiger partial charge is 0.270 e. The van der Waals surface area contributed by atoms with Crippen molar-refractivity contribution in [3.05, 3.63) is 61.5 Å². The molecular formula is C17H9Br2ClN2O3S. The minimum absolute atomic E-state index is 0.0208. The Morgan fingerprint density at radius 2 is 1.81 bits per heavy atom. The molecule has 0 spiro atoms. The van der Waals surface area contributed by atoms with Gasteiger partial charge >= 0.3 is 0 Å². The zero-order chi connectivity index (χ0) is 19.0. The van der Waals surface area contributed by atoms with Crippen molar-refractivity contribution in [2.45, 2.75) is 0 Å². The molecule has 0 unspecified atom stereocenters. The molecule has 2 aromatic carbocycles. The molecule has 132 valence electrons. The first-order chi connectivity index (χ1) is 12.3. The minimum atomic E-state index is -0.599. The van der Waals surface area contributed by atoms with E-state index in [1.807, 2.05) is 0 Å².